The van der Waals surface area contributed by atoms with Crippen molar-refractivity contribution >= 4 is 17.6 Å². The van der Waals surface area contributed by atoms with Gasteiger partial charge in [-0.3, -0.25) is 4.90 Å². The minimum Gasteiger partial charge on any atom is -0.466 e. The molecule has 1 aliphatic rings. The van der Waals surface area contributed by atoms with E-state index in [1.165, 1.54) is 19.1 Å². The Kier molecular flexibility index (Phi) is 6.35. The van der Waals surface area contributed by atoms with Crippen LogP contribution in [0.4, 0.5) is 5.69 Å². The fourth-order valence-corrected chi connectivity index (χ4v) is 4.27. The van der Waals surface area contributed by atoms with Crippen molar-refractivity contribution in [2.45, 2.75) is 26.7 Å². The topological polar surface area (TPSA) is 106 Å². The van der Waals surface area contributed by atoms with Crippen molar-refractivity contribution in [1.29, 1.82) is 5.26 Å². The highest BCUT2D eigenvalue weighted by molar-refractivity contribution is 6.06. The zero-order valence-corrected chi connectivity index (χ0v) is 18.7. The molecule has 0 aliphatic carbocycles. The van der Waals surface area contributed by atoms with Gasteiger partial charge in [0.2, 0.25) is 0 Å². The van der Waals surface area contributed by atoms with E-state index in [4.69, 9.17) is 15.2 Å². The highest BCUT2D eigenvalue weighted by Gasteiger charge is 2.43. The van der Waals surface area contributed by atoms with Crippen molar-refractivity contribution in [3.8, 4) is 6.07 Å². The van der Waals surface area contributed by atoms with E-state index in [0.29, 0.717) is 11.3 Å². The van der Waals surface area contributed by atoms with Gasteiger partial charge in [-0.15, -0.1) is 0 Å². The van der Waals surface area contributed by atoms with Crippen molar-refractivity contribution in [2.75, 3.05) is 19.1 Å². The number of hydrogen-bond acceptors (Lipinski definition) is 7. The van der Waals surface area contributed by atoms with E-state index in [9.17, 15) is 14.9 Å². The maximum Gasteiger partial charge on any atom is 0.355 e. The number of methoxy groups -OCH3 is 2. The van der Waals surface area contributed by atoms with Gasteiger partial charge in [0, 0.05) is 0 Å². The van der Waals surface area contributed by atoms with Gasteiger partial charge in [-0.2, -0.15) is 5.26 Å². The first-order chi connectivity index (χ1) is 15.3. The molecule has 164 valence electrons. The lowest BCUT2D eigenvalue weighted by Crippen LogP contribution is -2.41. The van der Waals surface area contributed by atoms with Crippen LogP contribution in [0.1, 0.15) is 28.2 Å². The summed E-state index contributed by atoms with van der Waals surface area (Å²) in [6, 6.07) is 15.0. The molecule has 1 atom stereocenters. The summed E-state index contributed by atoms with van der Waals surface area (Å²) in [6.07, 6.45) is 0. The molecule has 7 nitrogen and oxygen atoms in total. The monoisotopic (exact) mass is 431 g/mol. The van der Waals surface area contributed by atoms with Crippen molar-refractivity contribution in [2.24, 2.45) is 5.73 Å². The first kappa shape index (κ1) is 22.6. The van der Waals surface area contributed by atoms with Crippen molar-refractivity contribution < 1.29 is 19.1 Å². The molecule has 2 aromatic rings. The first-order valence-electron chi connectivity index (χ1n) is 10.00. The molecule has 0 saturated heterocycles. The average molecular weight is 431 g/mol. The minimum atomic E-state index is -0.884. The summed E-state index contributed by atoms with van der Waals surface area (Å²) in [6.45, 7) is 5.72. The number of hydrogen-bond donors (Lipinski definition) is 1. The van der Waals surface area contributed by atoms with E-state index in [0.717, 1.165) is 16.7 Å². The lowest BCUT2D eigenvalue weighted by atomic mass is 9.80. The molecule has 0 bridgehead atoms. The van der Waals surface area contributed by atoms with E-state index < -0.39 is 17.9 Å². The van der Waals surface area contributed by atoms with Gasteiger partial charge >= 0.3 is 11.9 Å². The van der Waals surface area contributed by atoms with Crippen molar-refractivity contribution in [1.82, 2.24) is 0 Å². The Bertz CT molecular complexity index is 1170. The Balaban J connectivity index is 2.48. The van der Waals surface area contributed by atoms with Crippen LogP contribution < -0.4 is 10.6 Å². The summed E-state index contributed by atoms with van der Waals surface area (Å²) in [5.74, 6) is -2.33. The fourth-order valence-electron chi connectivity index (χ4n) is 4.27. The number of carbonyl (C=O) groups is 2. The van der Waals surface area contributed by atoms with Crippen LogP contribution in [-0.2, 0) is 19.1 Å². The van der Waals surface area contributed by atoms with Crippen molar-refractivity contribution in [3.05, 3.63) is 87.4 Å². The third-order valence-electron chi connectivity index (χ3n) is 5.47. The third-order valence-corrected chi connectivity index (χ3v) is 5.47. The van der Waals surface area contributed by atoms with Gasteiger partial charge in [0.25, 0.3) is 0 Å². The quantitative estimate of drug-likeness (QED) is 0.739. The SMILES string of the molecule is COC(=O)C1=C(C(=O)OC)N(c2c(C)cc(C)cc2C)C(N)=C(C#N)C1c1ccccc1. The van der Waals surface area contributed by atoms with Gasteiger partial charge < -0.3 is 15.2 Å². The summed E-state index contributed by atoms with van der Waals surface area (Å²) in [7, 11) is 2.46. The van der Waals surface area contributed by atoms with Gasteiger partial charge in [0.15, 0.2) is 0 Å². The molecule has 2 aromatic carbocycles. The highest BCUT2D eigenvalue weighted by atomic mass is 16.5. The average Bonchev–Trinajstić information content (AvgIpc) is 2.78. The molecule has 7 heteroatoms. The number of aryl methyl sites for hydroxylation is 3. The molecular weight excluding hydrogens is 406 g/mol. The number of carbonyl (C=O) groups excluding carboxylic acids is 2. The smallest absolute Gasteiger partial charge is 0.355 e. The molecule has 1 unspecified atom stereocenters. The number of nitrogens with two attached hydrogens (primary N) is 1. The number of esters is 2. The number of nitriles is 1. The van der Waals surface area contributed by atoms with E-state index in [2.05, 4.69) is 6.07 Å². The molecule has 0 saturated carbocycles. The molecule has 0 radical (unpaired) electrons. The van der Waals surface area contributed by atoms with Gasteiger partial charge in [0.1, 0.15) is 11.5 Å². The molecule has 0 spiro atoms. The van der Waals surface area contributed by atoms with Gasteiger partial charge in [-0.25, -0.2) is 9.59 Å². The van der Waals surface area contributed by atoms with E-state index in [-0.39, 0.29) is 22.7 Å². The number of allylic oxidation sites excluding steroid dienone is 1. The molecule has 32 heavy (non-hydrogen) atoms. The summed E-state index contributed by atoms with van der Waals surface area (Å²) in [4.78, 5) is 27.6. The number of benzene rings is 2. The van der Waals surface area contributed by atoms with Crippen LogP contribution in [-0.4, -0.2) is 26.2 Å². The predicted molar refractivity (Wildman–Crippen MR) is 120 cm³/mol. The van der Waals surface area contributed by atoms with Gasteiger partial charge in [-0.1, -0.05) is 48.0 Å². The number of nitrogens with zero attached hydrogens (tertiary/aromatic N) is 2. The largest absolute Gasteiger partial charge is 0.466 e. The van der Waals surface area contributed by atoms with E-state index >= 15 is 0 Å². The zero-order chi connectivity index (χ0) is 23.6. The first-order valence-corrected chi connectivity index (χ1v) is 10.00. The summed E-state index contributed by atoms with van der Waals surface area (Å²) in [5.41, 5.74) is 10.5. The normalized spacial score (nSPS) is 16.0. The van der Waals surface area contributed by atoms with Gasteiger partial charge in [0.05, 0.1) is 43.0 Å². The molecule has 1 aliphatic heterocycles. The Morgan fingerprint density at radius 2 is 1.56 bits per heavy atom. The van der Waals surface area contributed by atoms with Gasteiger partial charge in [-0.05, 0) is 37.5 Å². The second-order valence-electron chi connectivity index (χ2n) is 7.58. The lowest BCUT2D eigenvalue weighted by Gasteiger charge is -2.37. The Hall–Kier alpha value is -4.05. The Morgan fingerprint density at radius 3 is 2.06 bits per heavy atom. The maximum absolute atomic E-state index is 13.1. The molecule has 0 aromatic heterocycles. The lowest BCUT2D eigenvalue weighted by molar-refractivity contribution is -0.139. The van der Waals surface area contributed by atoms with Crippen LogP contribution in [0, 0.1) is 32.1 Å². The van der Waals surface area contributed by atoms with Crippen LogP contribution in [0.25, 0.3) is 0 Å². The van der Waals surface area contributed by atoms with E-state index in [1.807, 2.05) is 39.0 Å². The van der Waals surface area contributed by atoms with Crippen LogP contribution in [0.3, 0.4) is 0 Å². The summed E-state index contributed by atoms with van der Waals surface area (Å²) < 4.78 is 10.1. The third kappa shape index (κ3) is 3.71. The minimum absolute atomic E-state index is 0.00400. The molecular formula is C25H25N3O4. The summed E-state index contributed by atoms with van der Waals surface area (Å²) in [5, 5.41) is 10.1. The number of rotatable bonds is 4. The molecule has 0 fully saturated rings. The second-order valence-corrected chi connectivity index (χ2v) is 7.58. The van der Waals surface area contributed by atoms with Crippen LogP contribution in [0.5, 0.6) is 0 Å². The molecule has 2 N–H and O–H groups in total. The molecule has 3 rings (SSSR count). The zero-order valence-electron chi connectivity index (χ0n) is 18.7. The standard InChI is InChI=1S/C25H25N3O4/c1-14-11-15(2)21(16(3)12-14)28-22(25(30)32-5)20(24(29)31-4)19(18(13-26)23(28)27)17-9-7-6-8-10-17/h6-12,19H,27H2,1-5H3. The van der Waals surface area contributed by atoms with E-state index in [1.54, 1.807) is 24.3 Å². The Morgan fingerprint density at radius 1 is 1.00 bits per heavy atom. The second kappa shape index (κ2) is 8.98. The maximum atomic E-state index is 13.1. The van der Waals surface area contributed by atoms with Crippen LogP contribution in [0.15, 0.2) is 65.1 Å². The number of ether oxygens (including phenoxy) is 2. The van der Waals surface area contributed by atoms with Crippen LogP contribution >= 0.6 is 0 Å². The summed E-state index contributed by atoms with van der Waals surface area (Å²) >= 11 is 0. The molecule has 1 heterocycles. The highest BCUT2D eigenvalue weighted by Crippen LogP contribution is 2.44. The van der Waals surface area contributed by atoms with Crippen LogP contribution in [0.2, 0.25) is 0 Å². The van der Waals surface area contributed by atoms with Crippen molar-refractivity contribution in [3.63, 3.8) is 0 Å². The predicted octanol–water partition coefficient (Wildman–Crippen LogP) is 3.51. The number of anilines is 1. The molecule has 0 amide bonds. The Labute approximate surface area is 187 Å². The fraction of sp³-hybridized carbons (Fsp3) is 0.240.